The fourth-order valence-corrected chi connectivity index (χ4v) is 3.10. The molecule has 1 fully saturated rings. The van der Waals surface area contributed by atoms with Crippen LogP contribution >= 0.6 is 24.8 Å². The largest absolute Gasteiger partial charge is 0.348 e. The Hall–Kier alpha value is -1.64. The quantitative estimate of drug-likeness (QED) is 0.718. The highest BCUT2D eigenvalue weighted by atomic mass is 35.5. The molecule has 2 aromatic rings. The third kappa shape index (κ3) is 4.06. The van der Waals surface area contributed by atoms with Gasteiger partial charge in [-0.3, -0.25) is 4.79 Å². The van der Waals surface area contributed by atoms with Crippen molar-refractivity contribution in [3.05, 3.63) is 12.7 Å². The number of likely N-dealkylation sites (N-methyl/N-ethyl adjacent to an activating group) is 1. The van der Waals surface area contributed by atoms with Gasteiger partial charge in [0.25, 0.3) is 0 Å². The number of nitrogens with two attached hydrogens (primary N) is 1. The van der Waals surface area contributed by atoms with E-state index in [0.29, 0.717) is 18.0 Å². The predicted octanol–water partition coefficient (Wildman–Crippen LogP) is 1.02. The van der Waals surface area contributed by atoms with E-state index in [1.54, 1.807) is 11.2 Å². The van der Waals surface area contributed by atoms with Gasteiger partial charge < -0.3 is 20.9 Å². The summed E-state index contributed by atoms with van der Waals surface area (Å²) < 4.78 is 0. The van der Waals surface area contributed by atoms with Crippen LogP contribution in [0.25, 0.3) is 11.2 Å². The highest BCUT2D eigenvalue weighted by molar-refractivity contribution is 5.87. The third-order valence-corrected chi connectivity index (χ3v) is 4.30. The lowest BCUT2D eigenvalue weighted by atomic mass is 9.98. The molecule has 0 unspecified atom stereocenters. The number of anilines is 1. The summed E-state index contributed by atoms with van der Waals surface area (Å²) in [5.74, 6) is 0.618. The second-order valence-electron chi connectivity index (χ2n) is 5.89. The minimum absolute atomic E-state index is 0. The van der Waals surface area contributed by atoms with Crippen LogP contribution in [0.3, 0.4) is 0 Å². The zero-order valence-corrected chi connectivity index (χ0v) is 15.1. The summed E-state index contributed by atoms with van der Waals surface area (Å²) in [5.41, 5.74) is 6.95. The van der Waals surface area contributed by atoms with Crippen LogP contribution < -0.4 is 16.0 Å². The lowest BCUT2D eigenvalue weighted by Crippen LogP contribution is -2.53. The molecule has 0 saturated heterocycles. The van der Waals surface area contributed by atoms with Crippen molar-refractivity contribution < 1.29 is 4.79 Å². The molecule has 2 heterocycles. The number of nitrogens with one attached hydrogen (secondary N) is 2. The summed E-state index contributed by atoms with van der Waals surface area (Å²) in [6, 6.07) is 0. The van der Waals surface area contributed by atoms with Gasteiger partial charge >= 0.3 is 0 Å². The maximum absolute atomic E-state index is 12.3. The Kier molecular flexibility index (Phi) is 7.19. The fraction of sp³-hybridized carbons (Fsp3) is 0.571. The number of carbonyl (C=O) groups excluding carboxylic acids is 1. The van der Waals surface area contributed by atoms with E-state index in [2.05, 4.69) is 25.3 Å². The van der Waals surface area contributed by atoms with Crippen LogP contribution in [0.2, 0.25) is 0 Å². The normalized spacial score (nSPS) is 15.4. The van der Waals surface area contributed by atoms with Crippen LogP contribution in [0.15, 0.2) is 12.7 Å². The van der Waals surface area contributed by atoms with Gasteiger partial charge in [0.05, 0.1) is 18.4 Å². The van der Waals surface area contributed by atoms with Crippen molar-refractivity contribution in [1.82, 2.24) is 25.3 Å². The molecule has 8 nitrogen and oxygen atoms in total. The summed E-state index contributed by atoms with van der Waals surface area (Å²) in [5, 5.41) is 3.11. The van der Waals surface area contributed by atoms with Gasteiger partial charge in [0.15, 0.2) is 11.5 Å². The van der Waals surface area contributed by atoms with Gasteiger partial charge in [-0.05, 0) is 12.8 Å². The summed E-state index contributed by atoms with van der Waals surface area (Å²) in [6.45, 7) is 0.702. The molecule has 0 aliphatic heterocycles. The Morgan fingerprint density at radius 3 is 2.71 bits per heavy atom. The Balaban J connectivity index is 0.00000144. The second kappa shape index (κ2) is 8.46. The lowest BCUT2D eigenvalue weighted by Gasteiger charge is -2.30. The Labute approximate surface area is 152 Å². The molecule has 1 aliphatic carbocycles. The minimum atomic E-state index is -0.229. The number of halogens is 2. The zero-order chi connectivity index (χ0) is 15.6. The molecule has 0 spiro atoms. The first-order valence-electron chi connectivity index (χ1n) is 7.50. The van der Waals surface area contributed by atoms with Gasteiger partial charge in [-0.2, -0.15) is 0 Å². The number of rotatable bonds is 5. The van der Waals surface area contributed by atoms with E-state index < -0.39 is 0 Å². The van der Waals surface area contributed by atoms with Crippen LogP contribution in [-0.4, -0.2) is 51.5 Å². The number of hydrogen-bond donors (Lipinski definition) is 3. The van der Waals surface area contributed by atoms with Crippen LogP contribution in [0.1, 0.15) is 25.7 Å². The standard InChI is InChI=1S/C14H21N7O.2ClH/c1-21(13-11-12(17-8-16-11)18-9-19-13)6-10(22)20-14(7-15)4-2-3-5-14;;/h8-9H,2-7,15H2,1H3,(H,20,22)(H,16,17,18,19);2*1H. The summed E-state index contributed by atoms with van der Waals surface area (Å²) >= 11 is 0. The van der Waals surface area contributed by atoms with Crippen molar-refractivity contribution in [2.45, 2.75) is 31.2 Å². The molecule has 24 heavy (non-hydrogen) atoms. The van der Waals surface area contributed by atoms with E-state index in [1.807, 2.05) is 7.05 Å². The average molecular weight is 376 g/mol. The fourth-order valence-electron chi connectivity index (χ4n) is 3.10. The van der Waals surface area contributed by atoms with Crippen LogP contribution in [0, 0.1) is 0 Å². The van der Waals surface area contributed by atoms with Gasteiger partial charge in [0.2, 0.25) is 5.91 Å². The number of nitrogens with zero attached hydrogens (tertiary/aromatic N) is 4. The molecule has 3 rings (SSSR count). The van der Waals surface area contributed by atoms with E-state index in [4.69, 9.17) is 5.73 Å². The molecule has 4 N–H and O–H groups in total. The SMILES string of the molecule is CN(CC(=O)NC1(CN)CCCC1)c1ncnc2nc[nH]c12.Cl.Cl. The number of aromatic amines is 1. The number of aromatic nitrogens is 4. The number of amides is 1. The zero-order valence-electron chi connectivity index (χ0n) is 13.5. The van der Waals surface area contributed by atoms with Gasteiger partial charge in [-0.15, -0.1) is 24.8 Å². The van der Waals surface area contributed by atoms with Crippen LogP contribution in [0.5, 0.6) is 0 Å². The maximum atomic E-state index is 12.3. The van der Waals surface area contributed by atoms with Crippen molar-refractivity contribution in [1.29, 1.82) is 0 Å². The van der Waals surface area contributed by atoms with Crippen molar-refractivity contribution in [2.75, 3.05) is 25.0 Å². The first-order valence-corrected chi connectivity index (χ1v) is 7.50. The molecule has 0 bridgehead atoms. The minimum Gasteiger partial charge on any atom is -0.348 e. The number of hydrogen-bond acceptors (Lipinski definition) is 6. The van der Waals surface area contributed by atoms with Crippen molar-refractivity contribution >= 4 is 47.7 Å². The highest BCUT2D eigenvalue weighted by Crippen LogP contribution is 2.28. The number of imidazole rings is 1. The van der Waals surface area contributed by atoms with Gasteiger partial charge in [-0.1, -0.05) is 12.8 Å². The van der Waals surface area contributed by atoms with Gasteiger partial charge in [-0.25, -0.2) is 15.0 Å². The third-order valence-electron chi connectivity index (χ3n) is 4.30. The lowest BCUT2D eigenvalue weighted by molar-refractivity contribution is -0.121. The summed E-state index contributed by atoms with van der Waals surface area (Å²) in [7, 11) is 1.83. The number of carbonyl (C=O) groups is 1. The molecule has 0 radical (unpaired) electrons. The summed E-state index contributed by atoms with van der Waals surface area (Å²) in [4.78, 5) is 29.5. The Morgan fingerprint density at radius 1 is 1.33 bits per heavy atom. The molecule has 134 valence electrons. The van der Waals surface area contributed by atoms with Gasteiger partial charge in [0.1, 0.15) is 11.8 Å². The molecule has 1 saturated carbocycles. The highest BCUT2D eigenvalue weighted by Gasteiger charge is 2.34. The van der Waals surface area contributed by atoms with E-state index in [0.717, 1.165) is 31.2 Å². The van der Waals surface area contributed by atoms with E-state index >= 15 is 0 Å². The topological polar surface area (TPSA) is 113 Å². The van der Waals surface area contributed by atoms with Gasteiger partial charge in [0, 0.05) is 13.6 Å². The first-order chi connectivity index (χ1) is 10.6. The first kappa shape index (κ1) is 20.4. The molecular formula is C14H23Cl2N7O. The molecule has 10 heteroatoms. The number of fused-ring (bicyclic) bond motifs is 1. The second-order valence-corrected chi connectivity index (χ2v) is 5.89. The van der Waals surface area contributed by atoms with Crippen LogP contribution in [-0.2, 0) is 4.79 Å². The van der Waals surface area contributed by atoms with E-state index in [1.165, 1.54) is 6.33 Å². The molecule has 1 aliphatic rings. The monoisotopic (exact) mass is 375 g/mol. The Bertz CT molecular complexity index is 672. The predicted molar refractivity (Wildman–Crippen MR) is 97.8 cm³/mol. The van der Waals surface area contributed by atoms with Crippen molar-refractivity contribution in [3.63, 3.8) is 0 Å². The van der Waals surface area contributed by atoms with Crippen molar-refractivity contribution in [2.24, 2.45) is 5.73 Å². The Morgan fingerprint density at radius 2 is 2.04 bits per heavy atom. The number of H-pyrrole nitrogens is 1. The summed E-state index contributed by atoms with van der Waals surface area (Å²) in [6.07, 6.45) is 7.17. The molecular weight excluding hydrogens is 353 g/mol. The van der Waals surface area contributed by atoms with Crippen LogP contribution in [0.4, 0.5) is 5.82 Å². The van der Waals surface area contributed by atoms with E-state index in [9.17, 15) is 4.79 Å². The molecule has 1 amide bonds. The maximum Gasteiger partial charge on any atom is 0.240 e. The molecule has 2 aromatic heterocycles. The van der Waals surface area contributed by atoms with Crippen molar-refractivity contribution in [3.8, 4) is 0 Å². The average Bonchev–Trinajstić information content (AvgIpc) is 3.15. The molecule has 0 atom stereocenters. The molecule has 0 aromatic carbocycles. The van der Waals surface area contributed by atoms with E-state index in [-0.39, 0.29) is 42.8 Å². The smallest absolute Gasteiger partial charge is 0.240 e.